The maximum Gasteiger partial charge on any atom is 0.261 e. The van der Waals surface area contributed by atoms with Crippen molar-refractivity contribution in [2.45, 2.75) is 49.8 Å². The lowest BCUT2D eigenvalue weighted by molar-refractivity contribution is 0.335. The Morgan fingerprint density at radius 3 is 2.57 bits per heavy atom. The summed E-state index contributed by atoms with van der Waals surface area (Å²) in [6, 6.07) is 13.4. The molecule has 28 heavy (non-hydrogen) atoms. The molecule has 1 atom stereocenters. The summed E-state index contributed by atoms with van der Waals surface area (Å²) >= 11 is 0. The lowest BCUT2D eigenvalue weighted by atomic mass is 9.98. The third kappa shape index (κ3) is 4.53. The van der Waals surface area contributed by atoms with Crippen molar-refractivity contribution in [1.29, 1.82) is 0 Å². The molecular formula is C22H29ClN2O2S. The van der Waals surface area contributed by atoms with Crippen LogP contribution in [-0.2, 0) is 22.9 Å². The third-order valence-corrected chi connectivity index (χ3v) is 7.21. The Bertz CT molecular complexity index is 913. The Labute approximate surface area is 174 Å². The van der Waals surface area contributed by atoms with Gasteiger partial charge in [0.2, 0.25) is 0 Å². The van der Waals surface area contributed by atoms with Gasteiger partial charge in [-0.3, -0.25) is 4.72 Å². The molecule has 152 valence electrons. The molecule has 0 saturated carbocycles. The first-order valence-electron chi connectivity index (χ1n) is 10.0. The summed E-state index contributed by atoms with van der Waals surface area (Å²) in [7, 11) is -3.54. The van der Waals surface area contributed by atoms with Crippen molar-refractivity contribution in [3.63, 3.8) is 0 Å². The molecular weight excluding hydrogens is 392 g/mol. The number of rotatable bonds is 6. The maximum absolute atomic E-state index is 12.7. The molecule has 2 aromatic carbocycles. The van der Waals surface area contributed by atoms with Crippen LogP contribution in [0, 0.1) is 0 Å². The van der Waals surface area contributed by atoms with Crippen LogP contribution in [0.2, 0.25) is 0 Å². The molecule has 4 rings (SSSR count). The predicted octanol–water partition coefficient (Wildman–Crippen LogP) is 4.60. The number of hydrogen-bond donors (Lipinski definition) is 1. The first-order chi connectivity index (χ1) is 13.0. The van der Waals surface area contributed by atoms with E-state index < -0.39 is 10.0 Å². The first-order valence-corrected chi connectivity index (χ1v) is 11.5. The smallest absolute Gasteiger partial charge is 0.261 e. The van der Waals surface area contributed by atoms with Crippen molar-refractivity contribution < 1.29 is 8.42 Å². The number of aryl methyl sites for hydroxylation is 2. The Morgan fingerprint density at radius 2 is 1.82 bits per heavy atom. The lowest BCUT2D eigenvalue weighted by Gasteiger charge is -2.15. The number of likely N-dealkylation sites (tertiary alicyclic amines) is 1. The summed E-state index contributed by atoms with van der Waals surface area (Å²) < 4.78 is 28.2. The van der Waals surface area contributed by atoms with Gasteiger partial charge in [0.05, 0.1) is 4.90 Å². The first kappa shape index (κ1) is 21.2. The highest BCUT2D eigenvalue weighted by atomic mass is 35.5. The summed E-state index contributed by atoms with van der Waals surface area (Å²) in [6.07, 6.45) is 5.52. The van der Waals surface area contributed by atoms with Crippen LogP contribution in [0.4, 0.5) is 5.69 Å². The van der Waals surface area contributed by atoms with Crippen molar-refractivity contribution in [3.05, 3.63) is 59.2 Å². The largest absolute Gasteiger partial charge is 0.303 e. The Hall–Kier alpha value is -1.56. The summed E-state index contributed by atoms with van der Waals surface area (Å²) in [5.74, 6) is 0.555. The van der Waals surface area contributed by atoms with Gasteiger partial charge in [0.15, 0.2) is 0 Å². The van der Waals surface area contributed by atoms with Crippen molar-refractivity contribution in [3.8, 4) is 0 Å². The standard InChI is InChI=1S/C22H28N2O2S.ClH/c1-2-13-24-14-12-20(16-24)18-6-9-21(10-7-18)23-27(25,26)22-11-8-17-4-3-5-19(17)15-22;/h6-11,15,20,23H,2-5,12-14,16H2,1H3;1H/t20-;/m1./s1. The van der Waals surface area contributed by atoms with Crippen molar-refractivity contribution in [2.75, 3.05) is 24.4 Å². The van der Waals surface area contributed by atoms with Gasteiger partial charge >= 0.3 is 0 Å². The van der Waals surface area contributed by atoms with Crippen LogP contribution in [-0.4, -0.2) is 33.0 Å². The van der Waals surface area contributed by atoms with Crippen LogP contribution in [0.5, 0.6) is 0 Å². The van der Waals surface area contributed by atoms with Crippen LogP contribution in [0.25, 0.3) is 0 Å². The topological polar surface area (TPSA) is 49.4 Å². The van der Waals surface area contributed by atoms with Crippen LogP contribution >= 0.6 is 12.4 Å². The fraction of sp³-hybridized carbons (Fsp3) is 0.455. The molecule has 6 heteroatoms. The zero-order valence-corrected chi connectivity index (χ0v) is 18.0. The summed E-state index contributed by atoms with van der Waals surface area (Å²) in [6.45, 7) is 5.64. The average molecular weight is 421 g/mol. The van der Waals surface area contributed by atoms with Gasteiger partial charge in [-0.15, -0.1) is 12.4 Å². The van der Waals surface area contributed by atoms with E-state index in [4.69, 9.17) is 0 Å². The zero-order chi connectivity index (χ0) is 18.9. The van der Waals surface area contributed by atoms with Crippen molar-refractivity contribution >= 4 is 28.1 Å². The monoisotopic (exact) mass is 420 g/mol. The van der Waals surface area contributed by atoms with Gasteiger partial charge in [-0.1, -0.05) is 25.1 Å². The molecule has 1 saturated heterocycles. The van der Waals surface area contributed by atoms with E-state index in [1.807, 2.05) is 24.3 Å². The molecule has 0 spiro atoms. The molecule has 0 bridgehead atoms. The van der Waals surface area contributed by atoms with Crippen LogP contribution < -0.4 is 4.72 Å². The second-order valence-electron chi connectivity index (χ2n) is 7.80. The van der Waals surface area contributed by atoms with E-state index in [0.29, 0.717) is 16.5 Å². The van der Waals surface area contributed by atoms with E-state index in [2.05, 4.69) is 28.7 Å². The number of fused-ring (bicyclic) bond motifs is 1. The molecule has 4 nitrogen and oxygen atoms in total. The van der Waals surface area contributed by atoms with E-state index in [9.17, 15) is 8.42 Å². The van der Waals surface area contributed by atoms with E-state index in [0.717, 1.165) is 38.9 Å². The van der Waals surface area contributed by atoms with Crippen LogP contribution in [0.15, 0.2) is 47.4 Å². The molecule has 0 aromatic heterocycles. The van der Waals surface area contributed by atoms with E-state index >= 15 is 0 Å². The predicted molar refractivity (Wildman–Crippen MR) is 117 cm³/mol. The lowest BCUT2D eigenvalue weighted by Crippen LogP contribution is -2.20. The minimum absolute atomic E-state index is 0. The molecule has 1 fully saturated rings. The van der Waals surface area contributed by atoms with E-state index in [1.165, 1.54) is 29.5 Å². The number of nitrogens with zero attached hydrogens (tertiary/aromatic N) is 1. The Balaban J connectivity index is 0.00000225. The number of halogens is 1. The SMILES string of the molecule is CCCN1CC[C@@H](c2ccc(NS(=O)(=O)c3ccc4c(c3)CCC4)cc2)C1.Cl. The summed E-state index contributed by atoms with van der Waals surface area (Å²) in [5, 5.41) is 0. The number of sulfonamides is 1. The molecule has 1 aliphatic carbocycles. The van der Waals surface area contributed by atoms with Gasteiger partial charge in [0.1, 0.15) is 0 Å². The zero-order valence-electron chi connectivity index (χ0n) is 16.4. The van der Waals surface area contributed by atoms with Crippen molar-refractivity contribution in [1.82, 2.24) is 4.90 Å². The van der Waals surface area contributed by atoms with Crippen molar-refractivity contribution in [2.24, 2.45) is 0 Å². The molecule has 0 radical (unpaired) electrons. The molecule has 0 unspecified atom stereocenters. The molecule has 1 heterocycles. The second kappa shape index (κ2) is 8.85. The highest BCUT2D eigenvalue weighted by Gasteiger charge is 2.23. The molecule has 2 aromatic rings. The van der Waals surface area contributed by atoms with E-state index in [-0.39, 0.29) is 12.4 Å². The van der Waals surface area contributed by atoms with Gasteiger partial charge in [-0.2, -0.15) is 0 Å². The maximum atomic E-state index is 12.7. The summed E-state index contributed by atoms with van der Waals surface area (Å²) in [5.41, 5.74) is 4.38. The number of nitrogens with one attached hydrogen (secondary N) is 1. The normalized spacial score (nSPS) is 19.2. The quantitative estimate of drug-likeness (QED) is 0.743. The third-order valence-electron chi connectivity index (χ3n) is 5.83. The minimum atomic E-state index is -3.54. The number of anilines is 1. The van der Waals surface area contributed by atoms with Gasteiger partial charge in [0.25, 0.3) is 10.0 Å². The molecule has 1 aliphatic heterocycles. The molecule has 0 amide bonds. The highest BCUT2D eigenvalue weighted by molar-refractivity contribution is 7.92. The molecule has 1 N–H and O–H groups in total. The average Bonchev–Trinajstić information content (AvgIpc) is 3.31. The number of benzene rings is 2. The fourth-order valence-corrected chi connectivity index (χ4v) is 5.49. The van der Waals surface area contributed by atoms with Crippen LogP contribution in [0.3, 0.4) is 0 Å². The Kier molecular flexibility index (Phi) is 6.69. The van der Waals surface area contributed by atoms with Gasteiger partial charge < -0.3 is 4.90 Å². The van der Waals surface area contributed by atoms with Gasteiger partial charge in [0, 0.05) is 12.2 Å². The Morgan fingerprint density at radius 1 is 1.07 bits per heavy atom. The van der Waals surface area contributed by atoms with Crippen LogP contribution in [0.1, 0.15) is 48.8 Å². The summed E-state index contributed by atoms with van der Waals surface area (Å²) in [4.78, 5) is 2.87. The fourth-order valence-electron chi connectivity index (χ4n) is 4.38. The minimum Gasteiger partial charge on any atom is -0.303 e. The van der Waals surface area contributed by atoms with Gasteiger partial charge in [-0.05, 0) is 92.1 Å². The second-order valence-corrected chi connectivity index (χ2v) is 9.48. The van der Waals surface area contributed by atoms with E-state index in [1.54, 1.807) is 6.07 Å². The highest BCUT2D eigenvalue weighted by Crippen LogP contribution is 2.29. The van der Waals surface area contributed by atoms with Gasteiger partial charge in [-0.25, -0.2) is 8.42 Å². The molecule has 2 aliphatic rings. The number of hydrogen-bond acceptors (Lipinski definition) is 3.